The Morgan fingerprint density at radius 3 is 2.43 bits per heavy atom. The number of carbonyl (C=O) groups excluding carboxylic acids is 1. The Balaban J connectivity index is 2.42. The molecule has 0 heterocycles. The number of carbonyl (C=O) groups is 1. The molecule has 0 aromatic heterocycles. The summed E-state index contributed by atoms with van der Waals surface area (Å²) in [4.78, 5) is 11.5. The minimum atomic E-state index is -0.405. The molecule has 0 aliphatic carbocycles. The molecule has 5 heteroatoms. The molecular formula is C18H15IO4. The largest absolute Gasteiger partial charge is 0.508 e. The third kappa shape index (κ3) is 4.39. The van der Waals surface area contributed by atoms with Gasteiger partial charge in [-0.3, -0.25) is 4.79 Å². The second-order valence-corrected chi connectivity index (χ2v) is 5.76. The van der Waals surface area contributed by atoms with E-state index in [9.17, 15) is 15.0 Å². The van der Waals surface area contributed by atoms with Gasteiger partial charge in [-0.2, -0.15) is 0 Å². The van der Waals surface area contributed by atoms with Gasteiger partial charge in [-0.1, -0.05) is 34.4 Å². The number of esters is 1. The average Bonchev–Trinajstić information content (AvgIpc) is 2.52. The summed E-state index contributed by atoms with van der Waals surface area (Å²) in [5.41, 5.74) is 2.63. The zero-order valence-corrected chi connectivity index (χ0v) is 14.8. The maximum atomic E-state index is 11.5. The van der Waals surface area contributed by atoms with Crippen LogP contribution in [0.5, 0.6) is 17.2 Å². The lowest BCUT2D eigenvalue weighted by Gasteiger charge is -2.08. The van der Waals surface area contributed by atoms with Crippen molar-refractivity contribution < 1.29 is 19.7 Å². The first kappa shape index (κ1) is 17.2. The fourth-order valence-electron chi connectivity index (χ4n) is 1.88. The van der Waals surface area contributed by atoms with E-state index >= 15 is 0 Å². The lowest BCUT2D eigenvalue weighted by molar-refractivity contribution is -0.131. The van der Waals surface area contributed by atoms with Gasteiger partial charge < -0.3 is 14.9 Å². The Bertz CT molecular complexity index is 816. The number of aryl methyl sites for hydroxylation is 2. The number of aromatic hydroxyl groups is 2. The zero-order valence-electron chi connectivity index (χ0n) is 12.7. The molecule has 2 aromatic rings. The molecule has 0 atom stereocenters. The van der Waals surface area contributed by atoms with Gasteiger partial charge >= 0.3 is 5.97 Å². The Hall–Kier alpha value is -2.20. The van der Waals surface area contributed by atoms with Gasteiger partial charge in [0.2, 0.25) is 0 Å². The summed E-state index contributed by atoms with van der Waals surface area (Å²) < 4.78 is 5.42. The maximum Gasteiger partial charge on any atom is 0.321 e. The number of hydrogen-bond donors (Lipinski definition) is 2. The molecule has 0 aliphatic heterocycles. The van der Waals surface area contributed by atoms with Crippen LogP contribution in [0.25, 0.3) is 0 Å². The minimum Gasteiger partial charge on any atom is -0.508 e. The predicted octanol–water partition coefficient (Wildman–Crippen LogP) is 3.45. The van der Waals surface area contributed by atoms with Gasteiger partial charge in [-0.05, 0) is 49.2 Å². The zero-order chi connectivity index (χ0) is 17.0. The summed E-state index contributed by atoms with van der Waals surface area (Å²) in [7, 11) is 0. The van der Waals surface area contributed by atoms with Gasteiger partial charge in [-0.25, -0.2) is 0 Å². The Morgan fingerprint density at radius 1 is 1.09 bits per heavy atom. The molecule has 0 bridgehead atoms. The van der Waals surface area contributed by atoms with Gasteiger partial charge in [0.05, 0.1) is 9.99 Å². The molecule has 0 unspecified atom stereocenters. The number of halogens is 1. The first-order valence-electron chi connectivity index (χ1n) is 6.82. The van der Waals surface area contributed by atoms with E-state index in [1.54, 1.807) is 38.1 Å². The van der Waals surface area contributed by atoms with Gasteiger partial charge in [-0.15, -0.1) is 0 Å². The highest BCUT2D eigenvalue weighted by molar-refractivity contribution is 14.1. The third-order valence-corrected chi connectivity index (χ3v) is 3.79. The van der Waals surface area contributed by atoms with Crippen LogP contribution in [-0.2, 0) is 4.79 Å². The van der Waals surface area contributed by atoms with Crippen LogP contribution >= 0.6 is 22.6 Å². The first-order chi connectivity index (χ1) is 10.9. The summed E-state index contributed by atoms with van der Waals surface area (Å²) in [6, 6.07) is 8.13. The summed E-state index contributed by atoms with van der Waals surface area (Å²) in [6.07, 6.45) is 0. The number of benzene rings is 2. The number of phenols is 2. The Morgan fingerprint density at radius 2 is 1.78 bits per heavy atom. The molecule has 0 radical (unpaired) electrons. The molecule has 2 aromatic carbocycles. The Labute approximate surface area is 148 Å². The first-order valence-corrected chi connectivity index (χ1v) is 8.35. The second-order valence-electron chi connectivity index (χ2n) is 4.99. The van der Waals surface area contributed by atoms with Crippen LogP contribution in [0.3, 0.4) is 0 Å². The van der Waals surface area contributed by atoms with Gasteiger partial charge in [0.1, 0.15) is 17.2 Å². The molecule has 2 rings (SSSR count). The molecule has 2 N–H and O–H groups in total. The quantitative estimate of drug-likeness (QED) is 0.256. The maximum absolute atomic E-state index is 11.5. The molecule has 0 saturated carbocycles. The van der Waals surface area contributed by atoms with Crippen molar-refractivity contribution in [2.45, 2.75) is 13.8 Å². The van der Waals surface area contributed by atoms with E-state index in [4.69, 9.17) is 4.74 Å². The SMILES string of the molecule is Cc1cc(C#Cc2cc(C)c(O)cc2OC(=O)CI)ccc1O. The number of ether oxygens (including phenoxy) is 1. The van der Waals surface area contributed by atoms with Crippen LogP contribution < -0.4 is 4.74 Å². The fourth-order valence-corrected chi connectivity index (χ4v) is 2.04. The van der Waals surface area contributed by atoms with Crippen LogP contribution in [0.4, 0.5) is 0 Å². The van der Waals surface area contributed by atoms with Gasteiger partial charge in [0, 0.05) is 11.6 Å². The van der Waals surface area contributed by atoms with Crippen LogP contribution in [0.2, 0.25) is 0 Å². The third-order valence-electron chi connectivity index (χ3n) is 3.17. The van der Waals surface area contributed by atoms with E-state index in [0.717, 1.165) is 11.1 Å². The van der Waals surface area contributed by atoms with E-state index in [0.29, 0.717) is 11.1 Å². The van der Waals surface area contributed by atoms with Crippen molar-refractivity contribution in [3.63, 3.8) is 0 Å². The smallest absolute Gasteiger partial charge is 0.321 e. The van der Waals surface area contributed by atoms with Crippen LogP contribution in [0.15, 0.2) is 30.3 Å². The number of phenolic OH excluding ortho intramolecular Hbond substituents is 2. The van der Waals surface area contributed by atoms with Crippen molar-refractivity contribution in [1.82, 2.24) is 0 Å². The number of alkyl halides is 1. The van der Waals surface area contributed by atoms with Crippen molar-refractivity contribution in [2.75, 3.05) is 4.43 Å². The lowest BCUT2D eigenvalue weighted by Crippen LogP contribution is -2.09. The Kier molecular flexibility index (Phi) is 5.50. The van der Waals surface area contributed by atoms with Crippen molar-refractivity contribution >= 4 is 28.6 Å². The summed E-state index contributed by atoms with van der Waals surface area (Å²) in [5.74, 6) is 6.02. The lowest BCUT2D eigenvalue weighted by atomic mass is 10.1. The molecular weight excluding hydrogens is 407 g/mol. The average molecular weight is 422 g/mol. The summed E-state index contributed by atoms with van der Waals surface area (Å²) in [5, 5.41) is 19.3. The van der Waals surface area contributed by atoms with E-state index in [-0.39, 0.29) is 21.7 Å². The highest BCUT2D eigenvalue weighted by Gasteiger charge is 2.10. The number of rotatable bonds is 2. The van der Waals surface area contributed by atoms with Crippen molar-refractivity contribution in [3.8, 4) is 29.1 Å². The second kappa shape index (κ2) is 7.38. The molecule has 118 valence electrons. The van der Waals surface area contributed by atoms with Gasteiger partial charge in [0.25, 0.3) is 0 Å². The minimum absolute atomic E-state index is 0.0484. The molecule has 0 amide bonds. The summed E-state index contributed by atoms with van der Waals surface area (Å²) >= 11 is 1.91. The normalized spacial score (nSPS) is 9.87. The van der Waals surface area contributed by atoms with Crippen LogP contribution in [0.1, 0.15) is 22.3 Å². The fraction of sp³-hybridized carbons (Fsp3) is 0.167. The standard InChI is InChI=1S/C18H15IO4/c1-11-7-13(4-6-15(11)20)3-5-14-8-12(2)16(21)9-17(14)23-18(22)10-19/h4,6-9,20-21H,10H2,1-2H3. The molecule has 0 fully saturated rings. The van der Waals surface area contributed by atoms with Crippen molar-refractivity contribution in [2.24, 2.45) is 0 Å². The molecule has 0 aliphatic rings. The monoisotopic (exact) mass is 422 g/mol. The van der Waals surface area contributed by atoms with Crippen LogP contribution in [0, 0.1) is 25.7 Å². The van der Waals surface area contributed by atoms with Crippen molar-refractivity contribution in [3.05, 3.63) is 52.6 Å². The molecule has 23 heavy (non-hydrogen) atoms. The molecule has 4 nitrogen and oxygen atoms in total. The van der Waals surface area contributed by atoms with Crippen LogP contribution in [-0.4, -0.2) is 20.6 Å². The van der Waals surface area contributed by atoms with Crippen molar-refractivity contribution in [1.29, 1.82) is 0 Å². The number of hydrogen-bond acceptors (Lipinski definition) is 4. The predicted molar refractivity (Wildman–Crippen MR) is 96.2 cm³/mol. The van der Waals surface area contributed by atoms with E-state index in [2.05, 4.69) is 11.8 Å². The molecule has 0 spiro atoms. The topological polar surface area (TPSA) is 66.8 Å². The highest BCUT2D eigenvalue weighted by atomic mass is 127. The van der Waals surface area contributed by atoms with E-state index in [1.165, 1.54) is 6.07 Å². The molecule has 0 saturated heterocycles. The summed E-state index contributed by atoms with van der Waals surface area (Å²) in [6.45, 7) is 3.54. The van der Waals surface area contributed by atoms with E-state index < -0.39 is 5.97 Å². The van der Waals surface area contributed by atoms with E-state index in [1.807, 2.05) is 22.6 Å². The van der Waals surface area contributed by atoms with Gasteiger partial charge in [0.15, 0.2) is 0 Å². The highest BCUT2D eigenvalue weighted by Crippen LogP contribution is 2.28.